The average Bonchev–Trinajstić information content (AvgIpc) is 3.41. The molecule has 8 heteroatoms. The molecule has 1 aliphatic carbocycles. The number of rotatable bonds is 6. The van der Waals surface area contributed by atoms with Gasteiger partial charge in [-0.05, 0) is 62.3 Å². The Bertz CT molecular complexity index is 952. The first kappa shape index (κ1) is 19.1. The minimum atomic E-state index is -3.60. The molecule has 2 heterocycles. The van der Waals surface area contributed by atoms with E-state index in [1.807, 2.05) is 19.1 Å². The SMILES string of the molecule is Cc1ccc(-n2cccn2)cc1S(=O)(=O)N1CCCC(CNC(=O)C2CC2)C1. The van der Waals surface area contributed by atoms with Gasteiger partial charge in [-0.15, -0.1) is 0 Å². The Labute approximate surface area is 165 Å². The van der Waals surface area contributed by atoms with E-state index in [0.717, 1.165) is 36.9 Å². The fourth-order valence-electron chi connectivity index (χ4n) is 3.72. The van der Waals surface area contributed by atoms with E-state index in [4.69, 9.17) is 0 Å². The molecule has 2 fully saturated rings. The molecule has 2 aliphatic rings. The third-order valence-electron chi connectivity index (χ3n) is 5.55. The van der Waals surface area contributed by atoms with Crippen molar-refractivity contribution < 1.29 is 13.2 Å². The molecule has 0 spiro atoms. The predicted octanol–water partition coefficient (Wildman–Crippen LogP) is 2.11. The van der Waals surface area contributed by atoms with Crippen LogP contribution in [-0.4, -0.2) is 48.0 Å². The summed E-state index contributed by atoms with van der Waals surface area (Å²) in [4.78, 5) is 12.2. The summed E-state index contributed by atoms with van der Waals surface area (Å²) in [5.74, 6) is 0.444. The lowest BCUT2D eigenvalue weighted by Crippen LogP contribution is -2.44. The summed E-state index contributed by atoms with van der Waals surface area (Å²) in [6.07, 6.45) is 7.15. The van der Waals surface area contributed by atoms with Crippen LogP contribution in [0.5, 0.6) is 0 Å². The number of benzene rings is 1. The van der Waals surface area contributed by atoms with Gasteiger partial charge in [0, 0.05) is 37.9 Å². The van der Waals surface area contributed by atoms with Gasteiger partial charge in [0.15, 0.2) is 0 Å². The molecule has 1 saturated carbocycles. The maximum absolute atomic E-state index is 13.3. The van der Waals surface area contributed by atoms with E-state index < -0.39 is 10.0 Å². The first-order valence-electron chi connectivity index (χ1n) is 9.83. The van der Waals surface area contributed by atoms with Crippen LogP contribution in [0.2, 0.25) is 0 Å². The van der Waals surface area contributed by atoms with Crippen LogP contribution >= 0.6 is 0 Å². The fraction of sp³-hybridized carbons (Fsp3) is 0.500. The number of hydrogen-bond donors (Lipinski definition) is 1. The van der Waals surface area contributed by atoms with Crippen molar-refractivity contribution in [2.45, 2.75) is 37.5 Å². The molecule has 1 aliphatic heterocycles. The number of nitrogens with one attached hydrogen (secondary N) is 1. The molecule has 4 rings (SSSR count). The van der Waals surface area contributed by atoms with Crippen molar-refractivity contribution in [3.8, 4) is 5.69 Å². The van der Waals surface area contributed by atoms with Crippen molar-refractivity contribution in [3.63, 3.8) is 0 Å². The summed E-state index contributed by atoms with van der Waals surface area (Å²) >= 11 is 0. The molecule has 1 aromatic heterocycles. The van der Waals surface area contributed by atoms with E-state index in [2.05, 4.69) is 10.4 Å². The zero-order valence-electron chi connectivity index (χ0n) is 16.0. The van der Waals surface area contributed by atoms with Crippen LogP contribution in [-0.2, 0) is 14.8 Å². The van der Waals surface area contributed by atoms with E-state index in [1.54, 1.807) is 33.5 Å². The monoisotopic (exact) mass is 402 g/mol. The van der Waals surface area contributed by atoms with Crippen LogP contribution in [0.25, 0.3) is 5.69 Å². The number of amides is 1. The molecule has 1 N–H and O–H groups in total. The van der Waals surface area contributed by atoms with Crippen LogP contribution in [0, 0.1) is 18.8 Å². The minimum Gasteiger partial charge on any atom is -0.356 e. The molecule has 7 nitrogen and oxygen atoms in total. The molecular weight excluding hydrogens is 376 g/mol. The van der Waals surface area contributed by atoms with Crippen molar-refractivity contribution in [2.75, 3.05) is 19.6 Å². The number of aromatic nitrogens is 2. The Balaban J connectivity index is 1.50. The zero-order valence-corrected chi connectivity index (χ0v) is 16.9. The molecule has 1 aromatic carbocycles. The summed E-state index contributed by atoms with van der Waals surface area (Å²) in [5.41, 5.74) is 1.44. The number of piperidine rings is 1. The van der Waals surface area contributed by atoms with Crippen molar-refractivity contribution in [1.29, 1.82) is 0 Å². The summed E-state index contributed by atoms with van der Waals surface area (Å²) in [6.45, 7) is 3.32. The van der Waals surface area contributed by atoms with Crippen molar-refractivity contribution >= 4 is 15.9 Å². The number of sulfonamides is 1. The Hall–Kier alpha value is -2.19. The number of carbonyl (C=O) groups is 1. The molecule has 1 atom stereocenters. The smallest absolute Gasteiger partial charge is 0.243 e. The van der Waals surface area contributed by atoms with E-state index >= 15 is 0 Å². The van der Waals surface area contributed by atoms with Crippen LogP contribution in [0.15, 0.2) is 41.6 Å². The van der Waals surface area contributed by atoms with E-state index in [9.17, 15) is 13.2 Å². The molecule has 150 valence electrons. The van der Waals surface area contributed by atoms with Gasteiger partial charge in [-0.1, -0.05) is 6.07 Å². The van der Waals surface area contributed by atoms with Crippen molar-refractivity contribution in [2.24, 2.45) is 11.8 Å². The average molecular weight is 403 g/mol. The second-order valence-corrected chi connectivity index (χ2v) is 9.70. The fourth-order valence-corrected chi connectivity index (χ4v) is 5.52. The highest BCUT2D eigenvalue weighted by Crippen LogP contribution is 2.30. The highest BCUT2D eigenvalue weighted by molar-refractivity contribution is 7.89. The predicted molar refractivity (Wildman–Crippen MR) is 106 cm³/mol. The van der Waals surface area contributed by atoms with Crippen molar-refractivity contribution in [1.82, 2.24) is 19.4 Å². The lowest BCUT2D eigenvalue weighted by Gasteiger charge is -2.32. The van der Waals surface area contributed by atoms with Gasteiger partial charge in [-0.2, -0.15) is 9.40 Å². The first-order valence-corrected chi connectivity index (χ1v) is 11.3. The van der Waals surface area contributed by atoms with Gasteiger partial charge in [-0.3, -0.25) is 4.79 Å². The Morgan fingerprint density at radius 1 is 1.29 bits per heavy atom. The largest absolute Gasteiger partial charge is 0.356 e. The highest BCUT2D eigenvalue weighted by atomic mass is 32.2. The maximum Gasteiger partial charge on any atom is 0.243 e. The van der Waals surface area contributed by atoms with Gasteiger partial charge in [0.25, 0.3) is 0 Å². The van der Waals surface area contributed by atoms with E-state index in [0.29, 0.717) is 24.5 Å². The van der Waals surface area contributed by atoms with Gasteiger partial charge >= 0.3 is 0 Å². The molecule has 1 unspecified atom stereocenters. The summed E-state index contributed by atoms with van der Waals surface area (Å²) < 4.78 is 29.9. The van der Waals surface area contributed by atoms with E-state index in [1.165, 1.54) is 0 Å². The normalized spacial score (nSPS) is 20.8. The van der Waals surface area contributed by atoms with Gasteiger partial charge in [0.05, 0.1) is 10.6 Å². The second kappa shape index (κ2) is 7.67. The van der Waals surface area contributed by atoms with E-state index in [-0.39, 0.29) is 17.7 Å². The molecule has 1 saturated heterocycles. The molecule has 2 aromatic rings. The Morgan fingerprint density at radius 3 is 2.82 bits per heavy atom. The third kappa shape index (κ3) is 3.98. The number of hydrogen-bond acceptors (Lipinski definition) is 4. The lowest BCUT2D eigenvalue weighted by atomic mass is 10.00. The molecule has 0 bridgehead atoms. The van der Waals surface area contributed by atoms with Gasteiger partial charge in [-0.25, -0.2) is 13.1 Å². The zero-order chi connectivity index (χ0) is 19.7. The standard InChI is InChI=1S/C20H26N4O3S/c1-15-5-8-18(24-11-3-9-22-24)12-19(15)28(26,27)23-10-2-4-16(14-23)13-21-20(25)17-6-7-17/h3,5,8-9,11-12,16-17H,2,4,6-7,10,13-14H2,1H3,(H,21,25). The minimum absolute atomic E-state index is 0.114. The Kier molecular flexibility index (Phi) is 5.25. The summed E-state index contributed by atoms with van der Waals surface area (Å²) in [6, 6.07) is 7.18. The van der Waals surface area contributed by atoms with Crippen LogP contribution < -0.4 is 5.32 Å². The Morgan fingerprint density at radius 2 is 2.11 bits per heavy atom. The summed E-state index contributed by atoms with van der Waals surface area (Å²) in [5, 5.41) is 7.19. The molecule has 0 radical (unpaired) electrons. The third-order valence-corrected chi connectivity index (χ3v) is 7.56. The van der Waals surface area contributed by atoms with Gasteiger partial charge in [0.1, 0.15) is 0 Å². The second-order valence-electron chi connectivity index (χ2n) is 7.79. The van der Waals surface area contributed by atoms with Crippen LogP contribution in [0.3, 0.4) is 0 Å². The number of aryl methyl sites for hydroxylation is 1. The number of nitrogens with zero attached hydrogens (tertiary/aromatic N) is 3. The maximum atomic E-state index is 13.3. The van der Waals surface area contributed by atoms with Crippen LogP contribution in [0.1, 0.15) is 31.2 Å². The van der Waals surface area contributed by atoms with Crippen LogP contribution in [0.4, 0.5) is 0 Å². The highest BCUT2D eigenvalue weighted by Gasteiger charge is 2.33. The topological polar surface area (TPSA) is 84.3 Å². The van der Waals surface area contributed by atoms with Gasteiger partial charge in [0.2, 0.25) is 15.9 Å². The first-order chi connectivity index (χ1) is 13.4. The van der Waals surface area contributed by atoms with Gasteiger partial charge < -0.3 is 5.32 Å². The lowest BCUT2D eigenvalue weighted by molar-refractivity contribution is -0.122. The molecule has 1 amide bonds. The number of carbonyl (C=O) groups excluding carboxylic acids is 1. The van der Waals surface area contributed by atoms with Crippen molar-refractivity contribution in [3.05, 3.63) is 42.2 Å². The molecule has 28 heavy (non-hydrogen) atoms. The quantitative estimate of drug-likeness (QED) is 0.802. The molecular formula is C20H26N4O3S. The summed E-state index contributed by atoms with van der Waals surface area (Å²) in [7, 11) is -3.60.